The molecule has 0 heterocycles. The molecule has 3 saturated carbocycles. The first kappa shape index (κ1) is 24.8. The fourth-order valence-corrected chi connectivity index (χ4v) is 8.64. The Morgan fingerprint density at radius 1 is 1.09 bits per heavy atom. The summed E-state index contributed by atoms with van der Waals surface area (Å²) in [6.07, 6.45) is 13.9. The fourth-order valence-electron chi connectivity index (χ4n) is 8.64. The Bertz CT molecular complexity index is 778. The molecule has 0 aromatic rings. The lowest BCUT2D eigenvalue weighted by Gasteiger charge is -2.58. The summed E-state index contributed by atoms with van der Waals surface area (Å²) in [5, 5.41) is 22.1. The summed E-state index contributed by atoms with van der Waals surface area (Å²) in [7, 11) is 0. The van der Waals surface area contributed by atoms with E-state index in [9.17, 15) is 14.7 Å². The maximum atomic E-state index is 13.0. The Labute approximate surface area is 199 Å². The third-order valence-corrected chi connectivity index (χ3v) is 10.5. The third-order valence-electron chi connectivity index (χ3n) is 10.5. The van der Waals surface area contributed by atoms with Crippen LogP contribution in [0.15, 0.2) is 11.6 Å². The van der Waals surface area contributed by atoms with Crippen LogP contribution in [0.5, 0.6) is 0 Å². The van der Waals surface area contributed by atoms with E-state index in [1.54, 1.807) is 0 Å². The van der Waals surface area contributed by atoms with Gasteiger partial charge in [-0.15, -0.1) is 0 Å². The van der Waals surface area contributed by atoms with Gasteiger partial charge in [0.25, 0.3) is 0 Å². The van der Waals surface area contributed by atoms with Crippen molar-refractivity contribution in [3.63, 3.8) is 0 Å². The van der Waals surface area contributed by atoms with Crippen LogP contribution < -0.4 is 5.32 Å². The number of allylic oxidation sites excluding steroid dienone is 1. The Morgan fingerprint density at radius 2 is 1.88 bits per heavy atom. The number of nitrogens with one attached hydrogen (secondary N) is 1. The van der Waals surface area contributed by atoms with Crippen molar-refractivity contribution in [2.45, 2.75) is 104 Å². The fraction of sp³-hybridized carbons (Fsp3) is 0.857. The molecule has 1 unspecified atom stereocenters. The van der Waals surface area contributed by atoms with Gasteiger partial charge in [0.2, 0.25) is 5.91 Å². The molecule has 8 atom stereocenters. The lowest BCUT2D eigenvalue weighted by Crippen LogP contribution is -2.51. The Hall–Kier alpha value is -1.36. The molecule has 5 nitrogen and oxygen atoms in total. The van der Waals surface area contributed by atoms with Crippen LogP contribution in [0.4, 0.5) is 0 Å². The minimum absolute atomic E-state index is 0.0330. The second-order valence-corrected chi connectivity index (χ2v) is 12.2. The zero-order valence-electron chi connectivity index (χ0n) is 20.9. The van der Waals surface area contributed by atoms with Crippen LogP contribution in [0.25, 0.3) is 0 Å². The van der Waals surface area contributed by atoms with Crippen molar-refractivity contribution in [2.24, 2.45) is 40.4 Å². The maximum absolute atomic E-state index is 13.0. The lowest BCUT2D eigenvalue weighted by molar-refractivity contribution is -0.137. The molecule has 0 aliphatic heterocycles. The number of aliphatic hydroxyl groups excluding tert-OH is 1. The van der Waals surface area contributed by atoms with Crippen LogP contribution in [-0.4, -0.2) is 34.7 Å². The van der Waals surface area contributed by atoms with Crippen molar-refractivity contribution in [2.75, 3.05) is 6.54 Å². The van der Waals surface area contributed by atoms with E-state index in [0.717, 1.165) is 56.8 Å². The van der Waals surface area contributed by atoms with Crippen LogP contribution in [0, 0.1) is 40.4 Å². The van der Waals surface area contributed by atoms with Gasteiger partial charge >= 0.3 is 5.97 Å². The average Bonchev–Trinajstić information content (AvgIpc) is 3.13. The topological polar surface area (TPSA) is 86.6 Å². The molecule has 4 aliphatic rings. The van der Waals surface area contributed by atoms with E-state index in [1.165, 1.54) is 24.8 Å². The summed E-state index contributed by atoms with van der Waals surface area (Å²) in [5.41, 5.74) is 2.04. The van der Waals surface area contributed by atoms with Gasteiger partial charge < -0.3 is 15.5 Å². The van der Waals surface area contributed by atoms with Gasteiger partial charge in [-0.2, -0.15) is 0 Å². The SMILES string of the molecule is C[C@H](C(=O)NCCCCCC(=O)O)[C@H]1CC[C@H]2C3CC=C4C[C@@H](O)CC[C@]4(C)[C@H]3CC[C@]12C. The molecule has 3 fully saturated rings. The number of carbonyl (C=O) groups excluding carboxylic acids is 1. The number of carboxylic acid groups (broad SMARTS) is 1. The predicted molar refractivity (Wildman–Crippen MR) is 129 cm³/mol. The van der Waals surface area contributed by atoms with Crippen molar-refractivity contribution in [1.29, 1.82) is 0 Å². The van der Waals surface area contributed by atoms with Gasteiger partial charge in [0.1, 0.15) is 0 Å². The molecule has 0 bridgehead atoms. The lowest BCUT2D eigenvalue weighted by atomic mass is 9.47. The zero-order chi connectivity index (χ0) is 23.8. The number of carbonyl (C=O) groups is 2. The molecule has 0 spiro atoms. The van der Waals surface area contributed by atoms with Gasteiger partial charge in [0.05, 0.1) is 6.10 Å². The number of aliphatic hydroxyl groups is 1. The van der Waals surface area contributed by atoms with Crippen LogP contribution in [0.3, 0.4) is 0 Å². The number of amides is 1. The van der Waals surface area contributed by atoms with Crippen LogP contribution >= 0.6 is 0 Å². The van der Waals surface area contributed by atoms with Crippen molar-refractivity contribution in [1.82, 2.24) is 5.32 Å². The highest BCUT2D eigenvalue weighted by Crippen LogP contribution is 2.67. The van der Waals surface area contributed by atoms with E-state index in [0.29, 0.717) is 24.8 Å². The first-order valence-electron chi connectivity index (χ1n) is 13.5. The van der Waals surface area contributed by atoms with Gasteiger partial charge in [-0.1, -0.05) is 38.8 Å². The molecule has 4 aliphatic carbocycles. The van der Waals surface area contributed by atoms with Crippen molar-refractivity contribution >= 4 is 11.9 Å². The second-order valence-electron chi connectivity index (χ2n) is 12.2. The summed E-state index contributed by atoms with van der Waals surface area (Å²) in [6, 6.07) is 0. The molecule has 0 aromatic heterocycles. The Balaban J connectivity index is 1.36. The molecule has 4 rings (SSSR count). The number of hydrogen-bond donors (Lipinski definition) is 3. The molecule has 5 heteroatoms. The van der Waals surface area contributed by atoms with E-state index < -0.39 is 5.97 Å². The Kier molecular flexibility index (Phi) is 7.29. The van der Waals surface area contributed by atoms with Crippen molar-refractivity contribution in [3.05, 3.63) is 11.6 Å². The number of carboxylic acids is 1. The van der Waals surface area contributed by atoms with Crippen molar-refractivity contribution < 1.29 is 19.8 Å². The van der Waals surface area contributed by atoms with E-state index in [1.807, 2.05) is 0 Å². The summed E-state index contributed by atoms with van der Waals surface area (Å²) < 4.78 is 0. The molecule has 0 aromatic carbocycles. The van der Waals surface area contributed by atoms with E-state index >= 15 is 0 Å². The van der Waals surface area contributed by atoms with Gasteiger partial charge in [-0.25, -0.2) is 0 Å². The smallest absolute Gasteiger partial charge is 0.303 e. The highest BCUT2D eigenvalue weighted by atomic mass is 16.4. The molecule has 0 saturated heterocycles. The van der Waals surface area contributed by atoms with E-state index in [4.69, 9.17) is 5.11 Å². The van der Waals surface area contributed by atoms with Gasteiger partial charge in [-0.05, 0) is 98.7 Å². The minimum atomic E-state index is -0.744. The van der Waals surface area contributed by atoms with Crippen molar-refractivity contribution in [3.8, 4) is 0 Å². The van der Waals surface area contributed by atoms with Gasteiger partial charge in [0.15, 0.2) is 0 Å². The van der Waals surface area contributed by atoms with Crippen LogP contribution in [0.2, 0.25) is 0 Å². The number of hydrogen-bond acceptors (Lipinski definition) is 3. The quantitative estimate of drug-likeness (QED) is 0.338. The summed E-state index contributed by atoms with van der Waals surface area (Å²) in [6.45, 7) is 7.74. The highest BCUT2D eigenvalue weighted by molar-refractivity contribution is 5.78. The molecule has 33 heavy (non-hydrogen) atoms. The second kappa shape index (κ2) is 9.71. The standard InChI is InChI=1S/C28H45NO4/c1-18(26(33)29-16-6-4-5-7-25(31)32)22-10-11-23-21-9-8-19-17-20(30)12-14-27(19,2)24(21)13-15-28(22,23)3/h8,18,20-24,30H,4-7,9-17H2,1-3H3,(H,29,33)(H,31,32)/t18-,20-,21?,22+,23-,24-,27-,28+/m0/s1. The summed E-state index contributed by atoms with van der Waals surface area (Å²) >= 11 is 0. The zero-order valence-corrected chi connectivity index (χ0v) is 20.9. The number of rotatable bonds is 8. The van der Waals surface area contributed by atoms with Gasteiger partial charge in [-0.3, -0.25) is 9.59 Å². The minimum Gasteiger partial charge on any atom is -0.481 e. The predicted octanol–water partition coefficient (Wildman–Crippen LogP) is 5.32. The number of unbranched alkanes of at least 4 members (excludes halogenated alkanes) is 2. The maximum Gasteiger partial charge on any atom is 0.303 e. The van der Waals surface area contributed by atoms with Gasteiger partial charge in [0, 0.05) is 18.9 Å². The van der Waals surface area contributed by atoms with Crippen LogP contribution in [0.1, 0.15) is 97.8 Å². The largest absolute Gasteiger partial charge is 0.481 e. The monoisotopic (exact) mass is 459 g/mol. The normalized spacial score (nSPS) is 40.7. The molecule has 186 valence electrons. The number of aliphatic carboxylic acids is 1. The molecule has 1 amide bonds. The summed E-state index contributed by atoms with van der Waals surface area (Å²) in [4.78, 5) is 23.6. The number of fused-ring (bicyclic) bond motifs is 5. The third kappa shape index (κ3) is 4.63. The molecular weight excluding hydrogens is 414 g/mol. The highest BCUT2D eigenvalue weighted by Gasteiger charge is 2.59. The molecule has 0 radical (unpaired) electrons. The first-order chi connectivity index (χ1) is 15.7. The van der Waals surface area contributed by atoms with E-state index in [2.05, 4.69) is 32.2 Å². The van der Waals surface area contributed by atoms with Crippen LogP contribution in [-0.2, 0) is 9.59 Å². The summed E-state index contributed by atoms with van der Waals surface area (Å²) in [5.74, 6) is 2.08. The average molecular weight is 460 g/mol. The Morgan fingerprint density at radius 3 is 2.64 bits per heavy atom. The molecule has 3 N–H and O–H groups in total. The first-order valence-corrected chi connectivity index (χ1v) is 13.5. The molecular formula is C28H45NO4. The van der Waals surface area contributed by atoms with E-state index in [-0.39, 0.29) is 35.2 Å².